The van der Waals surface area contributed by atoms with E-state index in [1.54, 1.807) is 6.07 Å². The van der Waals surface area contributed by atoms with Crippen LogP contribution in [0.4, 0.5) is 0 Å². The molecule has 1 amide bonds. The molecular weight excluding hydrogens is 286 g/mol. The Morgan fingerprint density at radius 2 is 2.00 bits per heavy atom. The third-order valence-electron chi connectivity index (χ3n) is 4.22. The molecule has 4 heteroatoms. The molecule has 2 unspecified atom stereocenters. The molecule has 0 aliphatic heterocycles. The second-order valence-corrected chi connectivity index (χ2v) is 5.91. The molecule has 1 aliphatic carbocycles. The zero-order chi connectivity index (χ0) is 15.1. The van der Waals surface area contributed by atoms with Crippen LogP contribution in [0.1, 0.15) is 43.0 Å². The molecule has 1 saturated carbocycles. The summed E-state index contributed by atoms with van der Waals surface area (Å²) in [5, 5.41) is 3.05. The first kappa shape index (κ1) is 16.2. The summed E-state index contributed by atoms with van der Waals surface area (Å²) in [6.07, 6.45) is 4.84. The highest BCUT2D eigenvalue weighted by Crippen LogP contribution is 2.30. The van der Waals surface area contributed by atoms with Crippen molar-refractivity contribution < 1.29 is 9.53 Å². The van der Waals surface area contributed by atoms with E-state index >= 15 is 0 Å². The average molecular weight is 310 g/mol. The average Bonchev–Trinajstić information content (AvgIpc) is 2.53. The fourth-order valence-electron chi connectivity index (χ4n) is 3.01. The van der Waals surface area contributed by atoms with E-state index in [0.717, 1.165) is 6.42 Å². The second kappa shape index (κ2) is 8.28. The molecule has 1 aromatic carbocycles. The van der Waals surface area contributed by atoms with Crippen molar-refractivity contribution in [3.63, 3.8) is 0 Å². The summed E-state index contributed by atoms with van der Waals surface area (Å²) in [6, 6.07) is 7.38. The first-order chi connectivity index (χ1) is 10.3. The SMILES string of the molecule is CCOc1ccccc1C(=O)NCC1CCCCC1CCl. The normalized spacial score (nSPS) is 21.8. The summed E-state index contributed by atoms with van der Waals surface area (Å²) in [6.45, 7) is 3.18. The highest BCUT2D eigenvalue weighted by molar-refractivity contribution is 6.18. The van der Waals surface area contributed by atoms with Gasteiger partial charge in [-0.3, -0.25) is 4.79 Å². The minimum absolute atomic E-state index is 0.0575. The van der Waals surface area contributed by atoms with Crippen LogP contribution >= 0.6 is 11.6 Å². The van der Waals surface area contributed by atoms with Gasteiger partial charge in [-0.25, -0.2) is 0 Å². The molecule has 116 valence electrons. The Kier molecular flexibility index (Phi) is 6.37. The molecule has 0 heterocycles. The molecule has 0 saturated heterocycles. The smallest absolute Gasteiger partial charge is 0.255 e. The predicted molar refractivity (Wildman–Crippen MR) is 86.1 cm³/mol. The molecule has 21 heavy (non-hydrogen) atoms. The van der Waals surface area contributed by atoms with E-state index in [2.05, 4.69) is 5.32 Å². The molecule has 1 fully saturated rings. The molecule has 1 aliphatic rings. The Balaban J connectivity index is 1.95. The minimum atomic E-state index is -0.0575. The molecule has 0 spiro atoms. The van der Waals surface area contributed by atoms with Crippen molar-refractivity contribution in [2.75, 3.05) is 19.0 Å². The van der Waals surface area contributed by atoms with E-state index < -0.39 is 0 Å². The van der Waals surface area contributed by atoms with Gasteiger partial charge in [-0.2, -0.15) is 0 Å². The van der Waals surface area contributed by atoms with Gasteiger partial charge in [0, 0.05) is 12.4 Å². The zero-order valence-electron chi connectivity index (χ0n) is 12.6. The highest BCUT2D eigenvalue weighted by atomic mass is 35.5. The molecule has 1 N–H and O–H groups in total. The van der Waals surface area contributed by atoms with Crippen LogP contribution in [0.2, 0.25) is 0 Å². The summed E-state index contributed by atoms with van der Waals surface area (Å²) in [4.78, 5) is 12.4. The predicted octanol–water partition coefficient (Wildman–Crippen LogP) is 3.86. The number of benzene rings is 1. The van der Waals surface area contributed by atoms with E-state index in [9.17, 15) is 4.79 Å². The number of para-hydroxylation sites is 1. The fraction of sp³-hybridized carbons (Fsp3) is 0.588. The van der Waals surface area contributed by atoms with Gasteiger partial charge in [0.1, 0.15) is 5.75 Å². The van der Waals surface area contributed by atoms with E-state index in [1.165, 1.54) is 19.3 Å². The van der Waals surface area contributed by atoms with Crippen LogP contribution in [0, 0.1) is 11.8 Å². The molecule has 3 nitrogen and oxygen atoms in total. The maximum atomic E-state index is 12.4. The van der Waals surface area contributed by atoms with Gasteiger partial charge in [-0.15, -0.1) is 11.6 Å². The van der Waals surface area contributed by atoms with Gasteiger partial charge in [0.2, 0.25) is 0 Å². The number of ether oxygens (including phenoxy) is 1. The number of hydrogen-bond acceptors (Lipinski definition) is 2. The van der Waals surface area contributed by atoms with Crippen LogP contribution in [-0.2, 0) is 0 Å². The van der Waals surface area contributed by atoms with E-state index in [4.69, 9.17) is 16.3 Å². The van der Waals surface area contributed by atoms with Crippen LogP contribution in [0.15, 0.2) is 24.3 Å². The number of carbonyl (C=O) groups is 1. The molecule has 0 bridgehead atoms. The largest absolute Gasteiger partial charge is 0.493 e. The van der Waals surface area contributed by atoms with Gasteiger partial charge < -0.3 is 10.1 Å². The molecule has 2 atom stereocenters. The Morgan fingerprint density at radius 3 is 2.71 bits per heavy atom. The lowest BCUT2D eigenvalue weighted by atomic mass is 9.80. The van der Waals surface area contributed by atoms with Gasteiger partial charge in [-0.1, -0.05) is 25.0 Å². The van der Waals surface area contributed by atoms with Gasteiger partial charge in [0.05, 0.1) is 12.2 Å². The summed E-state index contributed by atoms with van der Waals surface area (Å²) in [5.74, 6) is 2.31. The van der Waals surface area contributed by atoms with Crippen LogP contribution in [0.3, 0.4) is 0 Å². The number of nitrogens with one attached hydrogen (secondary N) is 1. The van der Waals surface area contributed by atoms with Gasteiger partial charge >= 0.3 is 0 Å². The van der Waals surface area contributed by atoms with E-state index in [-0.39, 0.29) is 5.91 Å². The first-order valence-electron chi connectivity index (χ1n) is 7.82. The topological polar surface area (TPSA) is 38.3 Å². The number of carbonyl (C=O) groups excluding carboxylic acids is 1. The molecule has 1 aromatic rings. The number of amides is 1. The van der Waals surface area contributed by atoms with Crippen molar-refractivity contribution in [3.05, 3.63) is 29.8 Å². The van der Waals surface area contributed by atoms with Gasteiger partial charge in [-0.05, 0) is 43.7 Å². The van der Waals surface area contributed by atoms with Crippen molar-refractivity contribution >= 4 is 17.5 Å². The maximum Gasteiger partial charge on any atom is 0.255 e. The first-order valence-corrected chi connectivity index (χ1v) is 8.35. The van der Waals surface area contributed by atoms with Crippen molar-refractivity contribution in [3.8, 4) is 5.75 Å². The third-order valence-corrected chi connectivity index (χ3v) is 4.62. The van der Waals surface area contributed by atoms with Crippen LogP contribution in [0.5, 0.6) is 5.75 Å². The van der Waals surface area contributed by atoms with E-state index in [0.29, 0.717) is 42.2 Å². The lowest BCUT2D eigenvalue weighted by molar-refractivity contribution is 0.0933. The highest BCUT2D eigenvalue weighted by Gasteiger charge is 2.25. The van der Waals surface area contributed by atoms with Crippen LogP contribution in [-0.4, -0.2) is 24.9 Å². The lowest BCUT2D eigenvalue weighted by Gasteiger charge is -2.30. The number of hydrogen-bond donors (Lipinski definition) is 1. The van der Waals surface area contributed by atoms with Gasteiger partial charge in [0.25, 0.3) is 5.91 Å². The van der Waals surface area contributed by atoms with Gasteiger partial charge in [0.15, 0.2) is 0 Å². The fourth-order valence-corrected chi connectivity index (χ4v) is 3.42. The molecule has 0 aromatic heterocycles. The van der Waals surface area contributed by atoms with Crippen molar-refractivity contribution in [2.24, 2.45) is 11.8 Å². The standard InChI is InChI=1S/C17H24ClNO2/c1-2-21-16-10-6-5-9-15(16)17(20)19-12-14-8-4-3-7-13(14)11-18/h5-6,9-10,13-14H,2-4,7-8,11-12H2,1H3,(H,19,20). The Labute approximate surface area is 132 Å². The van der Waals surface area contributed by atoms with Crippen LogP contribution in [0.25, 0.3) is 0 Å². The lowest BCUT2D eigenvalue weighted by Crippen LogP contribution is -2.35. The summed E-state index contributed by atoms with van der Waals surface area (Å²) in [5.41, 5.74) is 0.609. The number of rotatable bonds is 6. The summed E-state index contributed by atoms with van der Waals surface area (Å²) >= 11 is 6.04. The molecule has 2 rings (SSSR count). The number of alkyl halides is 1. The Hall–Kier alpha value is -1.22. The van der Waals surface area contributed by atoms with Crippen molar-refractivity contribution in [1.29, 1.82) is 0 Å². The van der Waals surface area contributed by atoms with Crippen molar-refractivity contribution in [1.82, 2.24) is 5.32 Å². The van der Waals surface area contributed by atoms with E-state index in [1.807, 2.05) is 25.1 Å². The second-order valence-electron chi connectivity index (χ2n) is 5.60. The quantitative estimate of drug-likeness (QED) is 0.810. The van der Waals surface area contributed by atoms with Crippen molar-refractivity contribution in [2.45, 2.75) is 32.6 Å². The summed E-state index contributed by atoms with van der Waals surface area (Å²) < 4.78 is 5.51. The number of halogens is 1. The molecular formula is C17H24ClNO2. The summed E-state index contributed by atoms with van der Waals surface area (Å²) in [7, 11) is 0. The molecule has 0 radical (unpaired) electrons. The third kappa shape index (κ3) is 4.37. The maximum absolute atomic E-state index is 12.4. The Bertz CT molecular complexity index is 464. The monoisotopic (exact) mass is 309 g/mol. The van der Waals surface area contributed by atoms with Crippen LogP contribution < -0.4 is 10.1 Å². The Morgan fingerprint density at radius 1 is 1.29 bits per heavy atom. The minimum Gasteiger partial charge on any atom is -0.493 e. The zero-order valence-corrected chi connectivity index (χ0v) is 13.4.